The Balaban J connectivity index is 2.20. The highest BCUT2D eigenvalue weighted by atomic mass is 16.5. The summed E-state index contributed by atoms with van der Waals surface area (Å²) in [5.41, 5.74) is 0.844. The zero-order valence-electron chi connectivity index (χ0n) is 12.2. The Labute approximate surface area is 123 Å². The van der Waals surface area contributed by atoms with Crippen LogP contribution < -0.4 is 4.74 Å². The fourth-order valence-electron chi connectivity index (χ4n) is 1.93. The normalized spacial score (nSPS) is 10.8. The van der Waals surface area contributed by atoms with E-state index in [1.165, 1.54) is 10.9 Å². The lowest BCUT2D eigenvalue weighted by atomic mass is 10.3. The van der Waals surface area contributed by atoms with Crippen LogP contribution in [0.2, 0.25) is 0 Å². The molecule has 21 heavy (non-hydrogen) atoms. The lowest BCUT2D eigenvalue weighted by Gasteiger charge is -2.12. The number of hydrogen-bond acceptors (Lipinski definition) is 4. The Hall–Kier alpha value is -2.34. The minimum atomic E-state index is -1.04. The van der Waals surface area contributed by atoms with E-state index in [0.29, 0.717) is 6.61 Å². The van der Waals surface area contributed by atoms with E-state index >= 15 is 0 Å². The van der Waals surface area contributed by atoms with Crippen LogP contribution >= 0.6 is 0 Å². The first-order valence-corrected chi connectivity index (χ1v) is 6.74. The molecular formula is C15H19N3O3. The summed E-state index contributed by atoms with van der Waals surface area (Å²) in [6.45, 7) is 1.32. The first-order valence-electron chi connectivity index (χ1n) is 6.74. The number of carboxylic acids is 1. The Morgan fingerprint density at radius 2 is 2.05 bits per heavy atom. The van der Waals surface area contributed by atoms with Gasteiger partial charge in [-0.05, 0) is 32.6 Å². The van der Waals surface area contributed by atoms with E-state index in [1.54, 1.807) is 0 Å². The van der Waals surface area contributed by atoms with Crippen LogP contribution in [0.1, 0.15) is 16.8 Å². The zero-order valence-corrected chi connectivity index (χ0v) is 12.2. The van der Waals surface area contributed by atoms with Crippen LogP contribution in [-0.2, 0) is 0 Å². The number of aromatic carboxylic acids is 1. The minimum absolute atomic E-state index is 0.0729. The standard InChI is InChI=1S/C15H19N3O3/c1-17(2)9-6-10-21-14-13(15(19)20)11-16-18(14)12-7-4-3-5-8-12/h3-5,7-8,11H,6,9-10H2,1-2H3,(H,19,20). The third-order valence-electron chi connectivity index (χ3n) is 2.94. The van der Waals surface area contributed by atoms with Crippen molar-refractivity contribution >= 4 is 5.97 Å². The number of nitrogens with zero attached hydrogens (tertiary/aromatic N) is 3. The Morgan fingerprint density at radius 3 is 2.67 bits per heavy atom. The fraction of sp³-hybridized carbons (Fsp3) is 0.333. The molecule has 1 N–H and O–H groups in total. The molecule has 0 saturated carbocycles. The maximum atomic E-state index is 11.3. The highest BCUT2D eigenvalue weighted by Crippen LogP contribution is 2.22. The largest absolute Gasteiger partial charge is 0.477 e. The molecule has 0 aliphatic heterocycles. The average Bonchev–Trinajstić information content (AvgIpc) is 2.88. The maximum Gasteiger partial charge on any atom is 0.342 e. The lowest BCUT2D eigenvalue weighted by molar-refractivity contribution is 0.0691. The number of hydrogen-bond donors (Lipinski definition) is 1. The fourth-order valence-corrected chi connectivity index (χ4v) is 1.93. The summed E-state index contributed by atoms with van der Waals surface area (Å²) in [6, 6.07) is 9.33. The number of rotatable bonds is 7. The van der Waals surface area contributed by atoms with E-state index in [9.17, 15) is 9.90 Å². The molecule has 0 radical (unpaired) electrons. The molecule has 1 aromatic carbocycles. The van der Waals surface area contributed by atoms with Crippen molar-refractivity contribution in [2.75, 3.05) is 27.2 Å². The van der Waals surface area contributed by atoms with Gasteiger partial charge in [-0.2, -0.15) is 5.10 Å². The molecule has 0 unspecified atom stereocenters. The van der Waals surface area contributed by atoms with E-state index in [2.05, 4.69) is 10.00 Å². The van der Waals surface area contributed by atoms with Crippen LogP contribution in [0.4, 0.5) is 0 Å². The topological polar surface area (TPSA) is 67.6 Å². The van der Waals surface area contributed by atoms with Gasteiger partial charge in [-0.1, -0.05) is 18.2 Å². The van der Waals surface area contributed by atoms with Crippen LogP contribution in [0.15, 0.2) is 36.5 Å². The van der Waals surface area contributed by atoms with Crippen LogP contribution in [0, 0.1) is 0 Å². The van der Waals surface area contributed by atoms with Gasteiger partial charge >= 0.3 is 5.97 Å². The highest BCUT2D eigenvalue weighted by Gasteiger charge is 2.19. The van der Waals surface area contributed by atoms with Gasteiger partial charge in [0.25, 0.3) is 0 Å². The van der Waals surface area contributed by atoms with Gasteiger partial charge in [0.1, 0.15) is 5.56 Å². The van der Waals surface area contributed by atoms with Crippen LogP contribution in [0.3, 0.4) is 0 Å². The molecular weight excluding hydrogens is 270 g/mol. The summed E-state index contributed by atoms with van der Waals surface area (Å²) in [5, 5.41) is 13.4. The third kappa shape index (κ3) is 3.82. The predicted molar refractivity (Wildman–Crippen MR) is 79.2 cm³/mol. The van der Waals surface area contributed by atoms with Crippen molar-refractivity contribution in [3.05, 3.63) is 42.1 Å². The molecule has 0 amide bonds. The van der Waals surface area contributed by atoms with Crippen molar-refractivity contribution in [2.45, 2.75) is 6.42 Å². The summed E-state index contributed by atoms with van der Waals surface area (Å²) < 4.78 is 7.18. The molecule has 0 spiro atoms. The number of aromatic nitrogens is 2. The molecule has 0 aliphatic rings. The number of ether oxygens (including phenoxy) is 1. The van der Waals surface area contributed by atoms with E-state index in [1.807, 2.05) is 44.4 Å². The van der Waals surface area contributed by atoms with Crippen LogP contribution in [-0.4, -0.2) is 53.0 Å². The molecule has 2 rings (SSSR count). The van der Waals surface area contributed by atoms with Gasteiger partial charge in [-0.15, -0.1) is 0 Å². The van der Waals surface area contributed by atoms with Crippen molar-refractivity contribution in [2.24, 2.45) is 0 Å². The third-order valence-corrected chi connectivity index (χ3v) is 2.94. The molecule has 1 heterocycles. The maximum absolute atomic E-state index is 11.3. The van der Waals surface area contributed by atoms with Gasteiger partial charge in [0.2, 0.25) is 5.88 Å². The molecule has 112 valence electrons. The van der Waals surface area contributed by atoms with Crippen LogP contribution in [0.5, 0.6) is 5.88 Å². The van der Waals surface area contributed by atoms with Gasteiger partial charge < -0.3 is 14.7 Å². The monoisotopic (exact) mass is 289 g/mol. The smallest absolute Gasteiger partial charge is 0.342 e. The molecule has 6 heteroatoms. The summed E-state index contributed by atoms with van der Waals surface area (Å²) in [6.07, 6.45) is 2.13. The van der Waals surface area contributed by atoms with E-state index in [-0.39, 0.29) is 11.4 Å². The molecule has 6 nitrogen and oxygen atoms in total. The second-order valence-corrected chi connectivity index (χ2v) is 4.92. The molecule has 0 aliphatic carbocycles. The van der Waals surface area contributed by atoms with E-state index < -0.39 is 5.97 Å². The molecule has 0 saturated heterocycles. The van der Waals surface area contributed by atoms with Gasteiger partial charge in [-0.25, -0.2) is 9.48 Å². The van der Waals surface area contributed by atoms with Crippen molar-refractivity contribution in [3.8, 4) is 11.6 Å². The Kier molecular flexibility index (Phi) is 4.94. The SMILES string of the molecule is CN(C)CCCOc1c(C(=O)O)cnn1-c1ccccc1. The number of para-hydroxylation sites is 1. The van der Waals surface area contributed by atoms with Crippen molar-refractivity contribution in [3.63, 3.8) is 0 Å². The van der Waals surface area contributed by atoms with Crippen molar-refractivity contribution in [1.29, 1.82) is 0 Å². The van der Waals surface area contributed by atoms with Crippen molar-refractivity contribution in [1.82, 2.24) is 14.7 Å². The summed E-state index contributed by atoms with van der Waals surface area (Å²) in [7, 11) is 3.97. The van der Waals surface area contributed by atoms with E-state index in [0.717, 1.165) is 18.7 Å². The molecule has 0 bridgehead atoms. The number of benzene rings is 1. The average molecular weight is 289 g/mol. The summed E-state index contributed by atoms with van der Waals surface area (Å²) in [4.78, 5) is 13.3. The molecule has 0 atom stereocenters. The second-order valence-electron chi connectivity index (χ2n) is 4.92. The first-order chi connectivity index (χ1) is 10.1. The van der Waals surface area contributed by atoms with Gasteiger partial charge in [0.05, 0.1) is 18.5 Å². The second kappa shape index (κ2) is 6.90. The van der Waals surface area contributed by atoms with Crippen LogP contribution in [0.25, 0.3) is 5.69 Å². The minimum Gasteiger partial charge on any atom is -0.477 e. The lowest BCUT2D eigenvalue weighted by Crippen LogP contribution is -2.16. The number of carbonyl (C=O) groups is 1. The molecule has 1 aromatic heterocycles. The van der Waals surface area contributed by atoms with Gasteiger partial charge in [-0.3, -0.25) is 0 Å². The van der Waals surface area contributed by atoms with Crippen molar-refractivity contribution < 1.29 is 14.6 Å². The Morgan fingerprint density at radius 1 is 1.33 bits per heavy atom. The zero-order chi connectivity index (χ0) is 15.2. The molecule has 0 fully saturated rings. The number of carboxylic acid groups (broad SMARTS) is 1. The highest BCUT2D eigenvalue weighted by molar-refractivity contribution is 5.90. The quantitative estimate of drug-likeness (QED) is 0.789. The summed E-state index contributed by atoms with van der Waals surface area (Å²) in [5.74, 6) is -0.771. The predicted octanol–water partition coefficient (Wildman–Crippen LogP) is 1.90. The summed E-state index contributed by atoms with van der Waals surface area (Å²) >= 11 is 0. The van der Waals surface area contributed by atoms with Gasteiger partial charge in [0, 0.05) is 6.54 Å². The molecule has 2 aromatic rings. The first kappa shape index (κ1) is 15.1. The van der Waals surface area contributed by atoms with Gasteiger partial charge in [0.15, 0.2) is 0 Å². The van der Waals surface area contributed by atoms with E-state index in [4.69, 9.17) is 4.74 Å². The Bertz CT molecular complexity index is 593.